The number of fused-ring (bicyclic) bond motifs is 3. The van der Waals surface area contributed by atoms with Crippen LogP contribution in [-0.2, 0) is 15.5 Å². The zero-order valence-electron chi connectivity index (χ0n) is 18.4. The van der Waals surface area contributed by atoms with Crippen molar-refractivity contribution in [1.82, 2.24) is 14.9 Å². The van der Waals surface area contributed by atoms with E-state index >= 15 is 0 Å². The van der Waals surface area contributed by atoms with Crippen molar-refractivity contribution in [3.63, 3.8) is 0 Å². The third kappa shape index (κ3) is 4.17. The number of carbonyl (C=O) groups excluding carboxylic acids is 1. The number of nitriles is 1. The number of aromatic nitrogens is 2. The molecule has 9 heteroatoms. The molecule has 7 nitrogen and oxygen atoms in total. The molecule has 174 valence electrons. The zero-order chi connectivity index (χ0) is 23.7. The van der Waals surface area contributed by atoms with E-state index in [0.29, 0.717) is 29.6 Å². The predicted octanol–water partition coefficient (Wildman–Crippen LogP) is 3.49. The van der Waals surface area contributed by atoms with Crippen molar-refractivity contribution in [2.75, 3.05) is 31.2 Å². The zero-order valence-corrected chi connectivity index (χ0v) is 18.4. The molecular formula is C25H23F2N5O2. The van der Waals surface area contributed by atoms with E-state index in [1.807, 2.05) is 6.07 Å². The third-order valence-corrected chi connectivity index (χ3v) is 6.53. The number of benzene rings is 1. The Hall–Kier alpha value is -3.64. The number of pyridine rings is 2. The molecule has 34 heavy (non-hydrogen) atoms. The van der Waals surface area contributed by atoms with Gasteiger partial charge in [-0.1, -0.05) is 18.2 Å². The number of piperazine rings is 1. The summed E-state index contributed by atoms with van der Waals surface area (Å²) in [6.45, 7) is -0.292. The van der Waals surface area contributed by atoms with Gasteiger partial charge in [-0.25, -0.2) is 4.98 Å². The highest BCUT2D eigenvalue weighted by molar-refractivity contribution is 5.82. The summed E-state index contributed by atoms with van der Waals surface area (Å²) >= 11 is 0. The fraction of sp³-hybridized carbons (Fsp3) is 0.360. The second-order valence-corrected chi connectivity index (χ2v) is 8.68. The lowest BCUT2D eigenvalue weighted by molar-refractivity contribution is -0.142. The van der Waals surface area contributed by atoms with Gasteiger partial charge in [0.25, 0.3) is 5.92 Å². The summed E-state index contributed by atoms with van der Waals surface area (Å²) in [5.74, 6) is -2.75. The molecule has 1 aromatic carbocycles. The Morgan fingerprint density at radius 1 is 1.12 bits per heavy atom. The summed E-state index contributed by atoms with van der Waals surface area (Å²) in [7, 11) is 0. The molecule has 1 amide bonds. The van der Waals surface area contributed by atoms with Crippen LogP contribution < -0.4 is 4.90 Å². The predicted molar refractivity (Wildman–Crippen MR) is 121 cm³/mol. The van der Waals surface area contributed by atoms with E-state index < -0.39 is 19.1 Å². The van der Waals surface area contributed by atoms with Gasteiger partial charge in [-0.05, 0) is 37.1 Å². The van der Waals surface area contributed by atoms with Crippen molar-refractivity contribution in [2.24, 2.45) is 0 Å². The summed E-state index contributed by atoms with van der Waals surface area (Å²) < 4.78 is 35.0. The number of likely N-dealkylation sites (tertiary alicyclic amines) is 1. The van der Waals surface area contributed by atoms with Gasteiger partial charge in [0, 0.05) is 48.5 Å². The molecule has 2 atom stereocenters. The maximum absolute atomic E-state index is 14.9. The van der Waals surface area contributed by atoms with Crippen molar-refractivity contribution in [3.8, 4) is 6.07 Å². The van der Waals surface area contributed by atoms with Gasteiger partial charge in [0.2, 0.25) is 5.91 Å². The lowest BCUT2D eigenvalue weighted by Crippen LogP contribution is -2.56. The summed E-state index contributed by atoms with van der Waals surface area (Å²) in [5.41, 5.74) is 0.826. The van der Waals surface area contributed by atoms with Gasteiger partial charge >= 0.3 is 0 Å². The van der Waals surface area contributed by atoms with Crippen molar-refractivity contribution in [2.45, 2.75) is 30.8 Å². The Balaban J connectivity index is 1.19. The minimum atomic E-state index is -3.25. The Morgan fingerprint density at radius 2 is 1.91 bits per heavy atom. The Bertz CT molecular complexity index is 1220. The van der Waals surface area contributed by atoms with Crippen LogP contribution in [0, 0.1) is 11.3 Å². The first kappa shape index (κ1) is 22.2. The van der Waals surface area contributed by atoms with Crippen molar-refractivity contribution >= 4 is 22.6 Å². The van der Waals surface area contributed by atoms with E-state index in [9.17, 15) is 13.6 Å². The molecule has 0 N–H and O–H groups in total. The standard InChI is InChI=1S/C25H23F2N5O2/c26-25(27,21-4-1-5-22-20(21)3-2-10-29-22)16-34-15-24(33)31-13-18-7-8-19(14-31)32(18)23-9-6-17(11-28)12-30-23/h1-6,9-10,12,18-19H,7-8,13-16H2. The molecule has 2 saturated heterocycles. The van der Waals surface area contributed by atoms with Gasteiger partial charge < -0.3 is 14.5 Å². The van der Waals surface area contributed by atoms with E-state index in [-0.39, 0.29) is 23.6 Å². The summed E-state index contributed by atoms with van der Waals surface area (Å²) in [6.07, 6.45) is 4.95. The monoisotopic (exact) mass is 463 g/mol. The van der Waals surface area contributed by atoms with Crippen LogP contribution in [0.25, 0.3) is 10.9 Å². The first-order valence-electron chi connectivity index (χ1n) is 11.2. The van der Waals surface area contributed by atoms with Crippen molar-refractivity contribution in [3.05, 3.63) is 66.0 Å². The van der Waals surface area contributed by atoms with Crippen LogP contribution in [0.2, 0.25) is 0 Å². The number of nitrogens with zero attached hydrogens (tertiary/aromatic N) is 5. The number of alkyl halides is 2. The van der Waals surface area contributed by atoms with Gasteiger partial charge in [0.1, 0.15) is 25.1 Å². The molecule has 3 aromatic rings. The molecule has 0 spiro atoms. The largest absolute Gasteiger partial charge is 0.365 e. The van der Waals surface area contributed by atoms with Crippen molar-refractivity contribution in [1.29, 1.82) is 5.26 Å². The average molecular weight is 463 g/mol. The van der Waals surface area contributed by atoms with Gasteiger partial charge in [-0.2, -0.15) is 14.0 Å². The molecule has 2 aliphatic rings. The van der Waals surface area contributed by atoms with E-state index in [0.717, 1.165) is 18.7 Å². The van der Waals surface area contributed by atoms with Gasteiger partial charge in [0.05, 0.1) is 11.1 Å². The third-order valence-electron chi connectivity index (χ3n) is 6.53. The molecule has 0 saturated carbocycles. The molecule has 2 aromatic heterocycles. The second kappa shape index (κ2) is 8.95. The maximum Gasteiger partial charge on any atom is 0.296 e. The van der Waals surface area contributed by atoms with Crippen LogP contribution in [0.4, 0.5) is 14.6 Å². The highest BCUT2D eigenvalue weighted by Crippen LogP contribution is 2.35. The van der Waals surface area contributed by atoms with E-state index in [1.54, 1.807) is 47.6 Å². The van der Waals surface area contributed by atoms with Gasteiger partial charge in [0.15, 0.2) is 0 Å². The Morgan fingerprint density at radius 3 is 2.62 bits per heavy atom. The second-order valence-electron chi connectivity index (χ2n) is 8.68. The fourth-order valence-corrected chi connectivity index (χ4v) is 4.94. The van der Waals surface area contributed by atoms with E-state index in [4.69, 9.17) is 10.00 Å². The van der Waals surface area contributed by atoms with Crippen LogP contribution in [0.1, 0.15) is 24.0 Å². The minimum Gasteiger partial charge on any atom is -0.365 e. The topological polar surface area (TPSA) is 82.4 Å². The molecule has 2 fully saturated rings. The van der Waals surface area contributed by atoms with Gasteiger partial charge in [-0.15, -0.1) is 0 Å². The fourth-order valence-electron chi connectivity index (χ4n) is 4.94. The number of hydrogen-bond acceptors (Lipinski definition) is 6. The first-order valence-corrected chi connectivity index (χ1v) is 11.2. The molecule has 5 rings (SSSR count). The molecule has 2 unspecified atom stereocenters. The number of amides is 1. The Kier molecular flexibility index (Phi) is 5.84. The minimum absolute atomic E-state index is 0.104. The normalized spacial score (nSPS) is 19.9. The molecular weight excluding hydrogens is 440 g/mol. The first-order chi connectivity index (χ1) is 16.5. The van der Waals surface area contributed by atoms with Crippen molar-refractivity contribution < 1.29 is 18.3 Å². The number of hydrogen-bond donors (Lipinski definition) is 0. The Labute approximate surface area is 195 Å². The molecule has 2 aliphatic heterocycles. The molecule has 0 radical (unpaired) electrons. The van der Waals surface area contributed by atoms with Crippen LogP contribution >= 0.6 is 0 Å². The number of ether oxygens (including phenoxy) is 1. The average Bonchev–Trinajstić information content (AvgIpc) is 3.12. The number of halogens is 2. The summed E-state index contributed by atoms with van der Waals surface area (Å²) in [5, 5.41) is 9.34. The van der Waals surface area contributed by atoms with Crippen LogP contribution in [0.15, 0.2) is 54.9 Å². The molecule has 2 bridgehead atoms. The van der Waals surface area contributed by atoms with Crippen LogP contribution in [-0.4, -0.2) is 59.2 Å². The molecule has 0 aliphatic carbocycles. The quantitative estimate of drug-likeness (QED) is 0.557. The molecule has 4 heterocycles. The highest BCUT2D eigenvalue weighted by atomic mass is 19.3. The van der Waals surface area contributed by atoms with Crippen LogP contribution in [0.3, 0.4) is 0 Å². The van der Waals surface area contributed by atoms with E-state index in [1.165, 1.54) is 6.07 Å². The number of rotatable bonds is 6. The van der Waals surface area contributed by atoms with Gasteiger partial charge in [-0.3, -0.25) is 9.78 Å². The maximum atomic E-state index is 14.9. The summed E-state index contributed by atoms with van der Waals surface area (Å²) in [6, 6.07) is 13.6. The lowest BCUT2D eigenvalue weighted by Gasteiger charge is -2.41. The number of carbonyl (C=O) groups is 1. The lowest BCUT2D eigenvalue weighted by atomic mass is 10.0. The van der Waals surface area contributed by atoms with Crippen LogP contribution in [0.5, 0.6) is 0 Å². The van der Waals surface area contributed by atoms with E-state index in [2.05, 4.69) is 20.9 Å². The summed E-state index contributed by atoms with van der Waals surface area (Å²) in [4.78, 5) is 25.2. The smallest absolute Gasteiger partial charge is 0.296 e. The number of anilines is 1. The SMILES string of the molecule is N#Cc1ccc(N2C3CCC2CN(C(=O)COCC(F)(F)c2cccc4ncccc24)C3)nc1. The highest BCUT2D eigenvalue weighted by Gasteiger charge is 2.42.